The van der Waals surface area contributed by atoms with E-state index in [9.17, 15) is 22.8 Å². The summed E-state index contributed by atoms with van der Waals surface area (Å²) in [6, 6.07) is 4.02. The number of hydrogen-bond donors (Lipinski definition) is 1. The minimum Gasteiger partial charge on any atom is -0.481 e. The summed E-state index contributed by atoms with van der Waals surface area (Å²) in [6.07, 6.45) is -5.65. The number of carboxylic acid groups (broad SMARTS) is 1. The van der Waals surface area contributed by atoms with Crippen LogP contribution < -0.4 is 0 Å². The average molecular weight is 356 g/mol. The van der Waals surface area contributed by atoms with E-state index in [-0.39, 0.29) is 22.2 Å². The molecule has 1 aliphatic heterocycles. The number of carboxylic acids is 1. The third-order valence-corrected chi connectivity index (χ3v) is 4.23. The van der Waals surface area contributed by atoms with E-state index in [0.29, 0.717) is 0 Å². The number of aliphatic carboxylic acids is 1. The van der Waals surface area contributed by atoms with Crippen molar-refractivity contribution in [2.45, 2.75) is 12.6 Å². The molecule has 0 saturated carbocycles. The first-order valence-electron chi connectivity index (χ1n) is 6.13. The van der Waals surface area contributed by atoms with Crippen LogP contribution >= 0.6 is 23.2 Å². The third-order valence-electron chi connectivity index (χ3n) is 3.67. The van der Waals surface area contributed by atoms with Crippen molar-refractivity contribution in [1.82, 2.24) is 4.90 Å². The molecule has 1 aliphatic rings. The third kappa shape index (κ3) is 2.75. The van der Waals surface area contributed by atoms with Crippen LogP contribution in [0.15, 0.2) is 18.2 Å². The molecule has 1 saturated heterocycles. The zero-order valence-corrected chi connectivity index (χ0v) is 12.5. The smallest absolute Gasteiger partial charge is 0.406 e. The van der Waals surface area contributed by atoms with Crippen LogP contribution in [0.3, 0.4) is 0 Å². The van der Waals surface area contributed by atoms with Gasteiger partial charge in [0.2, 0.25) is 0 Å². The van der Waals surface area contributed by atoms with Gasteiger partial charge in [-0.25, -0.2) is 0 Å². The van der Waals surface area contributed by atoms with E-state index in [0.717, 1.165) is 4.90 Å². The first kappa shape index (κ1) is 16.9. The van der Waals surface area contributed by atoms with Crippen LogP contribution in [0.25, 0.3) is 0 Å². The second-order valence-electron chi connectivity index (χ2n) is 4.99. The average Bonchev–Trinajstić information content (AvgIpc) is 2.87. The minimum absolute atomic E-state index is 0.0363. The topological polar surface area (TPSA) is 57.6 Å². The lowest BCUT2D eigenvalue weighted by Gasteiger charge is -2.27. The quantitative estimate of drug-likeness (QED) is 0.883. The minimum atomic E-state index is -4.95. The molecule has 4 nitrogen and oxygen atoms in total. The first-order chi connectivity index (χ1) is 10.1. The largest absolute Gasteiger partial charge is 0.481 e. The summed E-state index contributed by atoms with van der Waals surface area (Å²) < 4.78 is 39.2. The van der Waals surface area contributed by atoms with Crippen LogP contribution in [0.4, 0.5) is 13.2 Å². The van der Waals surface area contributed by atoms with Gasteiger partial charge in [-0.3, -0.25) is 9.59 Å². The van der Waals surface area contributed by atoms with Gasteiger partial charge in [0.25, 0.3) is 5.91 Å². The number of amides is 1. The fourth-order valence-electron chi connectivity index (χ4n) is 2.34. The summed E-state index contributed by atoms with van der Waals surface area (Å²) >= 11 is 11.6. The number of alkyl halides is 3. The number of nitrogens with zero attached hydrogens (tertiary/aromatic N) is 1. The van der Waals surface area contributed by atoms with Gasteiger partial charge in [0.15, 0.2) is 5.41 Å². The van der Waals surface area contributed by atoms with E-state index in [1.807, 2.05) is 0 Å². The SMILES string of the molecule is O=C(c1cc(Cl)ccc1Cl)N1CCC(C(=O)O)(C(F)(F)F)C1. The van der Waals surface area contributed by atoms with Crippen molar-refractivity contribution in [3.05, 3.63) is 33.8 Å². The standard InChI is InChI=1S/C13H10Cl2F3NO3/c14-7-1-2-9(15)8(5-7)10(20)19-4-3-12(6-19,11(21)22)13(16,17)18/h1-2,5H,3-4,6H2,(H,21,22). The van der Waals surface area contributed by atoms with Crippen LogP contribution in [0.2, 0.25) is 10.0 Å². The van der Waals surface area contributed by atoms with Gasteiger partial charge in [0.05, 0.1) is 10.6 Å². The van der Waals surface area contributed by atoms with Gasteiger partial charge in [-0.15, -0.1) is 0 Å². The van der Waals surface area contributed by atoms with Crippen LogP contribution in [-0.2, 0) is 4.79 Å². The Balaban J connectivity index is 2.31. The van der Waals surface area contributed by atoms with Crippen molar-refractivity contribution in [3.63, 3.8) is 0 Å². The molecule has 1 N–H and O–H groups in total. The number of likely N-dealkylation sites (tertiary alicyclic amines) is 1. The Morgan fingerprint density at radius 1 is 1.27 bits per heavy atom. The summed E-state index contributed by atoms with van der Waals surface area (Å²) in [5, 5.41) is 9.20. The Labute approximate surface area is 133 Å². The van der Waals surface area contributed by atoms with Gasteiger partial charge in [0.1, 0.15) is 0 Å². The second-order valence-corrected chi connectivity index (χ2v) is 5.83. The predicted octanol–water partition coefficient (Wildman–Crippen LogP) is 3.47. The molecule has 1 amide bonds. The number of halogens is 5. The summed E-state index contributed by atoms with van der Waals surface area (Å²) in [5.41, 5.74) is -3.01. The Morgan fingerprint density at radius 2 is 1.91 bits per heavy atom. The maximum absolute atomic E-state index is 13.1. The molecule has 0 bridgehead atoms. The number of hydrogen-bond acceptors (Lipinski definition) is 2. The van der Waals surface area contributed by atoms with Crippen LogP contribution in [-0.4, -0.2) is 41.1 Å². The Morgan fingerprint density at radius 3 is 2.41 bits per heavy atom. The molecule has 22 heavy (non-hydrogen) atoms. The number of carbonyl (C=O) groups excluding carboxylic acids is 1. The Hall–Kier alpha value is -1.47. The molecule has 1 aromatic carbocycles. The molecular formula is C13H10Cl2F3NO3. The highest BCUT2D eigenvalue weighted by Gasteiger charge is 2.64. The number of carbonyl (C=O) groups is 2. The lowest BCUT2D eigenvalue weighted by Crippen LogP contribution is -2.47. The zero-order valence-electron chi connectivity index (χ0n) is 11.0. The van der Waals surface area contributed by atoms with E-state index < -0.39 is 36.4 Å². The van der Waals surface area contributed by atoms with Gasteiger partial charge in [-0.2, -0.15) is 13.2 Å². The van der Waals surface area contributed by atoms with Gasteiger partial charge in [-0.1, -0.05) is 23.2 Å². The summed E-state index contributed by atoms with van der Waals surface area (Å²) in [6.45, 7) is -1.28. The van der Waals surface area contributed by atoms with Crippen molar-refractivity contribution < 1.29 is 27.9 Å². The van der Waals surface area contributed by atoms with Crippen molar-refractivity contribution in [3.8, 4) is 0 Å². The van der Waals surface area contributed by atoms with E-state index in [1.165, 1.54) is 18.2 Å². The second kappa shape index (κ2) is 5.62. The molecule has 1 atom stereocenters. The molecule has 2 rings (SSSR count). The fraction of sp³-hybridized carbons (Fsp3) is 0.385. The van der Waals surface area contributed by atoms with E-state index in [4.69, 9.17) is 28.3 Å². The molecule has 9 heteroatoms. The monoisotopic (exact) mass is 355 g/mol. The van der Waals surface area contributed by atoms with Crippen LogP contribution in [0, 0.1) is 5.41 Å². The Bertz CT molecular complexity index is 635. The summed E-state index contributed by atoms with van der Waals surface area (Å²) in [4.78, 5) is 24.2. The lowest BCUT2D eigenvalue weighted by molar-refractivity contribution is -0.227. The van der Waals surface area contributed by atoms with E-state index in [2.05, 4.69) is 0 Å². The van der Waals surface area contributed by atoms with Crippen LogP contribution in [0.1, 0.15) is 16.8 Å². The van der Waals surface area contributed by atoms with E-state index >= 15 is 0 Å². The van der Waals surface area contributed by atoms with Crippen molar-refractivity contribution in [1.29, 1.82) is 0 Å². The highest BCUT2D eigenvalue weighted by atomic mass is 35.5. The van der Waals surface area contributed by atoms with Crippen molar-refractivity contribution in [2.75, 3.05) is 13.1 Å². The molecule has 1 fully saturated rings. The zero-order chi connectivity index (χ0) is 16.7. The fourth-order valence-corrected chi connectivity index (χ4v) is 2.71. The van der Waals surface area contributed by atoms with Gasteiger partial charge < -0.3 is 10.0 Å². The molecule has 0 aromatic heterocycles. The summed E-state index contributed by atoms with van der Waals surface area (Å²) in [5.74, 6) is -2.77. The first-order valence-corrected chi connectivity index (χ1v) is 6.88. The molecular weight excluding hydrogens is 346 g/mol. The molecule has 1 unspecified atom stereocenters. The highest BCUT2D eigenvalue weighted by Crippen LogP contribution is 2.46. The van der Waals surface area contributed by atoms with Crippen molar-refractivity contribution >= 4 is 35.1 Å². The molecule has 0 spiro atoms. The highest BCUT2D eigenvalue weighted by molar-refractivity contribution is 6.35. The normalized spacial score (nSPS) is 22.0. The van der Waals surface area contributed by atoms with Crippen molar-refractivity contribution in [2.24, 2.45) is 5.41 Å². The number of rotatable bonds is 2. The van der Waals surface area contributed by atoms with Crippen LogP contribution in [0.5, 0.6) is 0 Å². The molecule has 1 aromatic rings. The molecule has 0 aliphatic carbocycles. The molecule has 0 radical (unpaired) electrons. The van der Waals surface area contributed by atoms with Gasteiger partial charge in [-0.05, 0) is 24.6 Å². The lowest BCUT2D eigenvalue weighted by atomic mass is 9.86. The van der Waals surface area contributed by atoms with E-state index in [1.54, 1.807) is 0 Å². The van der Waals surface area contributed by atoms with Gasteiger partial charge >= 0.3 is 12.1 Å². The number of benzene rings is 1. The van der Waals surface area contributed by atoms with Gasteiger partial charge in [0, 0.05) is 18.1 Å². The maximum atomic E-state index is 13.1. The molecule has 120 valence electrons. The maximum Gasteiger partial charge on any atom is 0.406 e. The molecule has 1 heterocycles. The Kier molecular flexibility index (Phi) is 4.32. The predicted molar refractivity (Wildman–Crippen MR) is 73.1 cm³/mol. The summed E-state index contributed by atoms with van der Waals surface area (Å²) in [7, 11) is 0.